The molecule has 0 amide bonds. The lowest BCUT2D eigenvalue weighted by atomic mass is 10.2. The van der Waals surface area contributed by atoms with Gasteiger partial charge in [0.2, 0.25) is 0 Å². The summed E-state index contributed by atoms with van der Waals surface area (Å²) in [5, 5.41) is 1.66. The van der Waals surface area contributed by atoms with Gasteiger partial charge < -0.3 is 0 Å². The number of benzene rings is 1. The minimum atomic E-state index is 0.568. The van der Waals surface area contributed by atoms with Crippen molar-refractivity contribution < 1.29 is 0 Å². The molecule has 0 spiro atoms. The van der Waals surface area contributed by atoms with Gasteiger partial charge in [-0.1, -0.05) is 32.0 Å². The number of rotatable bonds is 2. The molecule has 0 saturated carbocycles. The van der Waals surface area contributed by atoms with E-state index in [9.17, 15) is 0 Å². The van der Waals surface area contributed by atoms with Crippen LogP contribution in [-0.4, -0.2) is 17.3 Å². The van der Waals surface area contributed by atoms with Crippen LogP contribution in [0.15, 0.2) is 29.3 Å². The Kier molecular flexibility index (Phi) is 4.03. The smallest absolute Gasteiger partial charge is 0.0976 e. The highest BCUT2D eigenvalue weighted by Gasteiger charge is 2.04. The first kappa shape index (κ1) is 10.3. The van der Waals surface area contributed by atoms with E-state index in [0.29, 0.717) is 5.25 Å². The topological polar surface area (TPSA) is 12.4 Å². The Bertz CT molecular complexity index is 277. The summed E-state index contributed by atoms with van der Waals surface area (Å²) >= 11 is 1.78. The summed E-state index contributed by atoms with van der Waals surface area (Å²) in [6, 6.07) is 11.0. The second-order valence-electron chi connectivity index (χ2n) is 2.99. The maximum Gasteiger partial charge on any atom is 0.0976 e. The molecular weight excluding hydrogens is 178 g/mol. The quantitative estimate of drug-likeness (QED) is 0.518. The molecule has 0 N–H and O–H groups in total. The summed E-state index contributed by atoms with van der Waals surface area (Å²) < 4.78 is 0. The highest BCUT2D eigenvalue weighted by molar-refractivity contribution is 8.14. The first-order valence-corrected chi connectivity index (χ1v) is 5.22. The van der Waals surface area contributed by atoms with Crippen LogP contribution < -0.4 is 0 Å². The lowest BCUT2D eigenvalue weighted by Gasteiger charge is -2.07. The fourth-order valence-corrected chi connectivity index (χ4v) is 1.81. The first-order chi connectivity index (χ1) is 6.24. The average molecular weight is 192 g/mol. The van der Waals surface area contributed by atoms with Crippen LogP contribution in [-0.2, 0) is 0 Å². The molecule has 0 bridgehead atoms. The summed E-state index contributed by atoms with van der Waals surface area (Å²) in [5.74, 6) is 0. The molecule has 0 fully saturated rings. The van der Waals surface area contributed by atoms with Gasteiger partial charge in [0.25, 0.3) is 0 Å². The lowest BCUT2D eigenvalue weighted by molar-refractivity contribution is 1.12. The Morgan fingerprint density at radius 3 is 2.77 bits per heavy atom. The van der Waals surface area contributed by atoms with E-state index in [0.717, 1.165) is 10.6 Å². The standard InChI is InChI=1S/C11H14NS/c1-9(2)13-11(12-3)10-7-5-4-6-8-10/h4-5,7-9H,1-3H3. The van der Waals surface area contributed by atoms with Crippen molar-refractivity contribution in [2.45, 2.75) is 19.1 Å². The second kappa shape index (κ2) is 5.07. The third-order valence-electron chi connectivity index (χ3n) is 1.50. The van der Waals surface area contributed by atoms with Crippen LogP contribution in [0.25, 0.3) is 0 Å². The third kappa shape index (κ3) is 3.23. The lowest BCUT2D eigenvalue weighted by Crippen LogP contribution is -2.00. The normalized spacial score (nSPS) is 12.2. The molecule has 1 aromatic carbocycles. The van der Waals surface area contributed by atoms with E-state index < -0.39 is 0 Å². The van der Waals surface area contributed by atoms with Crippen LogP contribution in [0.1, 0.15) is 19.4 Å². The van der Waals surface area contributed by atoms with Crippen LogP contribution >= 0.6 is 11.8 Å². The van der Waals surface area contributed by atoms with Gasteiger partial charge >= 0.3 is 0 Å². The maximum absolute atomic E-state index is 4.26. The van der Waals surface area contributed by atoms with E-state index in [4.69, 9.17) is 0 Å². The monoisotopic (exact) mass is 192 g/mol. The average Bonchev–Trinajstić information content (AvgIpc) is 2.15. The van der Waals surface area contributed by atoms with Crippen molar-refractivity contribution >= 4 is 16.8 Å². The van der Waals surface area contributed by atoms with Crippen molar-refractivity contribution in [3.05, 3.63) is 35.9 Å². The van der Waals surface area contributed by atoms with E-state index >= 15 is 0 Å². The minimum Gasteiger partial charge on any atom is -0.281 e. The van der Waals surface area contributed by atoms with Gasteiger partial charge in [-0.2, -0.15) is 0 Å². The van der Waals surface area contributed by atoms with Gasteiger partial charge in [0.15, 0.2) is 0 Å². The highest BCUT2D eigenvalue weighted by atomic mass is 32.2. The zero-order valence-corrected chi connectivity index (χ0v) is 9.06. The summed E-state index contributed by atoms with van der Waals surface area (Å²) in [5.41, 5.74) is 1.16. The summed E-state index contributed by atoms with van der Waals surface area (Å²) in [6.07, 6.45) is 0. The molecule has 1 nitrogen and oxygen atoms in total. The highest BCUT2D eigenvalue weighted by Crippen LogP contribution is 2.17. The van der Waals surface area contributed by atoms with Gasteiger partial charge in [0.05, 0.1) is 5.04 Å². The van der Waals surface area contributed by atoms with Gasteiger partial charge in [0, 0.05) is 17.9 Å². The van der Waals surface area contributed by atoms with Crippen molar-refractivity contribution in [1.82, 2.24) is 0 Å². The fraction of sp³-hybridized carbons (Fsp3) is 0.364. The molecular formula is C11H14NS. The van der Waals surface area contributed by atoms with Crippen molar-refractivity contribution in [2.75, 3.05) is 7.05 Å². The molecule has 2 heteroatoms. The number of aliphatic imine (C=N–C) groups is 1. The largest absolute Gasteiger partial charge is 0.281 e. The van der Waals surface area contributed by atoms with Crippen molar-refractivity contribution in [1.29, 1.82) is 0 Å². The van der Waals surface area contributed by atoms with Crippen molar-refractivity contribution in [3.8, 4) is 0 Å². The van der Waals surface area contributed by atoms with E-state index in [2.05, 4.69) is 31.0 Å². The molecule has 0 aromatic heterocycles. The molecule has 1 aromatic rings. The summed E-state index contributed by atoms with van der Waals surface area (Å²) in [6.45, 7) is 4.34. The number of hydrogen-bond donors (Lipinski definition) is 0. The molecule has 69 valence electrons. The van der Waals surface area contributed by atoms with Crippen molar-refractivity contribution in [3.63, 3.8) is 0 Å². The zero-order valence-electron chi connectivity index (χ0n) is 8.24. The molecule has 0 unspecified atom stereocenters. The second-order valence-corrected chi connectivity index (χ2v) is 4.55. The van der Waals surface area contributed by atoms with Crippen LogP contribution in [0.2, 0.25) is 0 Å². The molecule has 0 aliphatic rings. The number of hydrogen-bond acceptors (Lipinski definition) is 2. The number of nitrogens with zero attached hydrogens (tertiary/aromatic N) is 1. The van der Waals surface area contributed by atoms with Gasteiger partial charge in [-0.3, -0.25) is 4.99 Å². The molecule has 0 atom stereocenters. The van der Waals surface area contributed by atoms with E-state index in [1.54, 1.807) is 11.8 Å². The summed E-state index contributed by atoms with van der Waals surface area (Å²) in [7, 11) is 1.83. The third-order valence-corrected chi connectivity index (χ3v) is 2.62. The molecule has 1 rings (SSSR count). The molecule has 0 aliphatic heterocycles. The van der Waals surface area contributed by atoms with E-state index in [1.807, 2.05) is 25.2 Å². The predicted octanol–water partition coefficient (Wildman–Crippen LogP) is 3.00. The molecule has 0 saturated heterocycles. The SMILES string of the molecule is CN=C(SC(C)C)c1c[c]ccc1. The summed E-state index contributed by atoms with van der Waals surface area (Å²) in [4.78, 5) is 4.26. The van der Waals surface area contributed by atoms with Crippen LogP contribution in [0.3, 0.4) is 0 Å². The van der Waals surface area contributed by atoms with Gasteiger partial charge in [0.1, 0.15) is 0 Å². The van der Waals surface area contributed by atoms with Crippen LogP contribution in [0.4, 0.5) is 0 Å². The fourth-order valence-electron chi connectivity index (χ4n) is 0.999. The van der Waals surface area contributed by atoms with Crippen LogP contribution in [0.5, 0.6) is 0 Å². The maximum atomic E-state index is 4.26. The Morgan fingerprint density at radius 1 is 1.54 bits per heavy atom. The number of thioether (sulfide) groups is 1. The van der Waals surface area contributed by atoms with Crippen molar-refractivity contribution in [2.24, 2.45) is 4.99 Å². The van der Waals surface area contributed by atoms with Gasteiger partial charge in [-0.25, -0.2) is 0 Å². The van der Waals surface area contributed by atoms with Gasteiger partial charge in [-0.15, -0.1) is 11.8 Å². The minimum absolute atomic E-state index is 0.568. The molecule has 1 radical (unpaired) electrons. The van der Waals surface area contributed by atoms with E-state index in [-0.39, 0.29) is 0 Å². The Labute approximate surface area is 84.3 Å². The Hall–Kier alpha value is -0.760. The van der Waals surface area contributed by atoms with E-state index in [1.165, 1.54) is 0 Å². The molecule has 13 heavy (non-hydrogen) atoms. The zero-order chi connectivity index (χ0) is 9.68. The Morgan fingerprint density at radius 2 is 2.31 bits per heavy atom. The Balaban J connectivity index is 2.80. The molecule has 0 aliphatic carbocycles. The molecule has 0 heterocycles. The van der Waals surface area contributed by atoms with Crippen LogP contribution in [0, 0.1) is 6.07 Å². The first-order valence-electron chi connectivity index (χ1n) is 4.34. The predicted molar refractivity (Wildman–Crippen MR) is 60.5 cm³/mol. The van der Waals surface area contributed by atoms with Gasteiger partial charge in [-0.05, 0) is 12.1 Å².